The van der Waals surface area contributed by atoms with Crippen LogP contribution in [-0.2, 0) is 0 Å². The fourth-order valence-corrected chi connectivity index (χ4v) is 3.32. The molecule has 0 fully saturated rings. The SMILES string of the molecule is C=Cc1ccc2c(=O)c3cc(C(C)=O)ccc3sc2c1. The van der Waals surface area contributed by atoms with Crippen LogP contribution in [0.1, 0.15) is 22.8 Å². The fourth-order valence-electron chi connectivity index (χ4n) is 2.22. The third kappa shape index (κ3) is 1.96. The highest BCUT2D eigenvalue weighted by Crippen LogP contribution is 2.26. The minimum Gasteiger partial charge on any atom is -0.295 e. The summed E-state index contributed by atoms with van der Waals surface area (Å²) in [7, 11) is 0. The van der Waals surface area contributed by atoms with Crippen molar-refractivity contribution in [2.75, 3.05) is 0 Å². The fraction of sp³-hybridized carbons (Fsp3) is 0.0588. The molecule has 0 amide bonds. The summed E-state index contributed by atoms with van der Waals surface area (Å²) >= 11 is 1.56. The molecule has 0 aliphatic rings. The zero-order valence-corrected chi connectivity index (χ0v) is 11.8. The number of fused-ring (bicyclic) bond motifs is 2. The van der Waals surface area contributed by atoms with Gasteiger partial charge in [-0.2, -0.15) is 0 Å². The molecule has 3 aromatic rings. The van der Waals surface area contributed by atoms with Gasteiger partial charge in [0.2, 0.25) is 0 Å². The summed E-state index contributed by atoms with van der Waals surface area (Å²) in [5.74, 6) is -0.0293. The molecule has 0 unspecified atom stereocenters. The minimum absolute atomic E-state index is 0.0209. The summed E-state index contributed by atoms with van der Waals surface area (Å²) in [6.45, 7) is 5.25. The van der Waals surface area contributed by atoms with Crippen molar-refractivity contribution in [3.63, 3.8) is 0 Å². The molecule has 98 valence electrons. The predicted octanol–water partition coefficient (Wildman–Crippen LogP) is 4.26. The van der Waals surface area contributed by atoms with Crippen LogP contribution >= 0.6 is 11.3 Å². The lowest BCUT2D eigenvalue weighted by Gasteiger charge is -2.03. The van der Waals surface area contributed by atoms with Gasteiger partial charge in [-0.25, -0.2) is 0 Å². The Hall–Kier alpha value is -2.26. The maximum atomic E-state index is 12.5. The van der Waals surface area contributed by atoms with E-state index in [0.717, 1.165) is 15.0 Å². The maximum Gasteiger partial charge on any atom is 0.195 e. The number of benzene rings is 2. The highest BCUT2D eigenvalue weighted by Gasteiger charge is 2.08. The largest absolute Gasteiger partial charge is 0.295 e. The van der Waals surface area contributed by atoms with Gasteiger partial charge in [0, 0.05) is 25.7 Å². The van der Waals surface area contributed by atoms with E-state index in [9.17, 15) is 9.59 Å². The molecule has 0 aliphatic carbocycles. The van der Waals surface area contributed by atoms with Crippen molar-refractivity contribution in [2.45, 2.75) is 6.92 Å². The molecule has 0 saturated carbocycles. The molecule has 0 N–H and O–H groups in total. The lowest BCUT2D eigenvalue weighted by atomic mass is 10.1. The van der Waals surface area contributed by atoms with Gasteiger partial charge in [0.1, 0.15) is 0 Å². The van der Waals surface area contributed by atoms with E-state index in [-0.39, 0.29) is 11.2 Å². The first-order valence-corrected chi connectivity index (χ1v) is 7.06. The van der Waals surface area contributed by atoms with Gasteiger partial charge in [-0.05, 0) is 42.8 Å². The Morgan fingerprint density at radius 2 is 1.90 bits per heavy atom. The molecule has 0 spiro atoms. The highest BCUT2D eigenvalue weighted by molar-refractivity contribution is 7.24. The average Bonchev–Trinajstić information content (AvgIpc) is 2.46. The van der Waals surface area contributed by atoms with Crippen molar-refractivity contribution in [1.29, 1.82) is 0 Å². The molecule has 0 saturated heterocycles. The first-order chi connectivity index (χ1) is 9.60. The van der Waals surface area contributed by atoms with Crippen molar-refractivity contribution in [3.8, 4) is 0 Å². The van der Waals surface area contributed by atoms with Crippen LogP contribution < -0.4 is 5.43 Å². The maximum absolute atomic E-state index is 12.5. The molecular formula is C17H12O2S. The van der Waals surface area contributed by atoms with E-state index in [1.807, 2.05) is 24.3 Å². The molecule has 0 atom stereocenters. The van der Waals surface area contributed by atoms with E-state index in [1.165, 1.54) is 6.92 Å². The van der Waals surface area contributed by atoms with Gasteiger partial charge in [0.05, 0.1) is 0 Å². The Kier molecular flexibility index (Phi) is 2.99. The van der Waals surface area contributed by atoms with Crippen LogP contribution in [0.15, 0.2) is 47.8 Å². The van der Waals surface area contributed by atoms with E-state index in [1.54, 1.807) is 29.5 Å². The van der Waals surface area contributed by atoms with Crippen LogP contribution in [-0.4, -0.2) is 5.78 Å². The van der Waals surface area contributed by atoms with Gasteiger partial charge < -0.3 is 0 Å². The Bertz CT molecular complexity index is 919. The van der Waals surface area contributed by atoms with Gasteiger partial charge in [0.15, 0.2) is 11.2 Å². The van der Waals surface area contributed by atoms with Gasteiger partial charge in [-0.15, -0.1) is 11.3 Å². The summed E-state index contributed by atoms with van der Waals surface area (Å²) in [6.07, 6.45) is 1.76. The Morgan fingerprint density at radius 3 is 2.60 bits per heavy atom. The van der Waals surface area contributed by atoms with E-state index < -0.39 is 0 Å². The number of hydrogen-bond acceptors (Lipinski definition) is 3. The molecule has 20 heavy (non-hydrogen) atoms. The molecule has 2 aromatic carbocycles. The van der Waals surface area contributed by atoms with Crippen LogP contribution in [0.3, 0.4) is 0 Å². The van der Waals surface area contributed by atoms with E-state index in [0.29, 0.717) is 16.3 Å². The second-order valence-electron chi connectivity index (χ2n) is 4.66. The second-order valence-corrected chi connectivity index (χ2v) is 5.74. The van der Waals surface area contributed by atoms with Crippen LogP contribution in [0.2, 0.25) is 0 Å². The molecule has 2 nitrogen and oxygen atoms in total. The monoisotopic (exact) mass is 280 g/mol. The highest BCUT2D eigenvalue weighted by atomic mass is 32.1. The standard InChI is InChI=1S/C17H12O2S/c1-3-11-4-6-13-16(8-11)20-15-7-5-12(10(2)18)9-14(15)17(13)19/h3-9H,1H2,2H3. The first-order valence-electron chi connectivity index (χ1n) is 6.24. The van der Waals surface area contributed by atoms with Crippen molar-refractivity contribution in [2.24, 2.45) is 0 Å². The van der Waals surface area contributed by atoms with Crippen LogP contribution in [0, 0.1) is 0 Å². The summed E-state index contributed by atoms with van der Waals surface area (Å²) in [5, 5.41) is 1.30. The Labute approximate surface area is 120 Å². The van der Waals surface area contributed by atoms with Gasteiger partial charge >= 0.3 is 0 Å². The molecule has 3 heteroatoms. The topological polar surface area (TPSA) is 34.1 Å². The average molecular weight is 280 g/mol. The number of ketones is 1. The number of hydrogen-bond donors (Lipinski definition) is 0. The van der Waals surface area contributed by atoms with Crippen LogP contribution in [0.25, 0.3) is 26.2 Å². The van der Waals surface area contributed by atoms with Crippen molar-refractivity contribution >= 4 is 43.4 Å². The van der Waals surface area contributed by atoms with E-state index in [2.05, 4.69) is 6.58 Å². The number of Topliss-reactive ketones (excluding diaryl/α,β-unsaturated/α-hetero) is 1. The van der Waals surface area contributed by atoms with Crippen molar-refractivity contribution < 1.29 is 4.79 Å². The lowest BCUT2D eigenvalue weighted by molar-refractivity contribution is 0.101. The molecule has 3 rings (SSSR count). The minimum atomic E-state index is -0.0293. The van der Waals surface area contributed by atoms with E-state index in [4.69, 9.17) is 0 Å². The number of carbonyl (C=O) groups is 1. The number of rotatable bonds is 2. The molecule has 1 heterocycles. The zero-order chi connectivity index (χ0) is 14.3. The van der Waals surface area contributed by atoms with Gasteiger partial charge in [-0.3, -0.25) is 9.59 Å². The third-order valence-electron chi connectivity index (χ3n) is 3.34. The predicted molar refractivity (Wildman–Crippen MR) is 85.7 cm³/mol. The summed E-state index contributed by atoms with van der Waals surface area (Å²) < 4.78 is 1.84. The molecular weight excluding hydrogens is 268 g/mol. The summed E-state index contributed by atoms with van der Waals surface area (Å²) in [4.78, 5) is 24.0. The summed E-state index contributed by atoms with van der Waals surface area (Å²) in [5.41, 5.74) is 1.55. The molecule has 0 aliphatic heterocycles. The normalized spacial score (nSPS) is 10.8. The number of carbonyl (C=O) groups excluding carboxylic acids is 1. The zero-order valence-electron chi connectivity index (χ0n) is 11.0. The molecule has 0 radical (unpaired) electrons. The molecule has 1 aromatic heterocycles. The molecule has 0 bridgehead atoms. The van der Waals surface area contributed by atoms with Crippen LogP contribution in [0.5, 0.6) is 0 Å². The van der Waals surface area contributed by atoms with Crippen molar-refractivity contribution in [3.05, 3.63) is 64.3 Å². The third-order valence-corrected chi connectivity index (χ3v) is 4.47. The Morgan fingerprint density at radius 1 is 1.10 bits per heavy atom. The first kappa shape index (κ1) is 12.8. The lowest BCUT2D eigenvalue weighted by Crippen LogP contribution is -2.02. The van der Waals surface area contributed by atoms with Gasteiger partial charge in [0.25, 0.3) is 0 Å². The van der Waals surface area contributed by atoms with Gasteiger partial charge in [-0.1, -0.05) is 18.7 Å². The van der Waals surface area contributed by atoms with Crippen molar-refractivity contribution in [1.82, 2.24) is 0 Å². The van der Waals surface area contributed by atoms with Crippen LogP contribution in [0.4, 0.5) is 0 Å². The second kappa shape index (κ2) is 4.69. The Balaban J connectivity index is 2.43. The smallest absolute Gasteiger partial charge is 0.195 e. The summed E-state index contributed by atoms with van der Waals surface area (Å²) in [6, 6.07) is 11.0. The quantitative estimate of drug-likeness (QED) is 0.519. The van der Waals surface area contributed by atoms with E-state index >= 15 is 0 Å².